The van der Waals surface area contributed by atoms with Gasteiger partial charge in [0.1, 0.15) is 11.4 Å². The molecular weight excluding hydrogens is 376 g/mol. The van der Waals surface area contributed by atoms with Crippen molar-refractivity contribution >= 4 is 23.1 Å². The molecule has 0 saturated heterocycles. The summed E-state index contributed by atoms with van der Waals surface area (Å²) in [7, 11) is 1.60. The van der Waals surface area contributed by atoms with Gasteiger partial charge in [-0.15, -0.1) is 0 Å². The number of ether oxygens (including phenoxy) is 1. The average molecular weight is 402 g/mol. The zero-order valence-corrected chi connectivity index (χ0v) is 17.3. The molecule has 154 valence electrons. The van der Waals surface area contributed by atoms with E-state index in [-0.39, 0.29) is 17.9 Å². The van der Waals surface area contributed by atoms with Crippen molar-refractivity contribution in [1.82, 2.24) is 4.90 Å². The Kier molecular flexibility index (Phi) is 4.81. The monoisotopic (exact) mass is 402 g/mol. The van der Waals surface area contributed by atoms with Crippen molar-refractivity contribution in [3.05, 3.63) is 65.4 Å². The Labute approximate surface area is 176 Å². The van der Waals surface area contributed by atoms with Crippen LogP contribution in [-0.2, 0) is 16.0 Å². The van der Waals surface area contributed by atoms with E-state index in [1.165, 1.54) is 16.9 Å². The second-order valence-corrected chi connectivity index (χ2v) is 8.23. The second-order valence-electron chi connectivity index (χ2n) is 8.23. The highest BCUT2D eigenvalue weighted by Crippen LogP contribution is 2.42. The molecule has 2 aliphatic heterocycles. The largest absolute Gasteiger partial charge is 0.496 e. The van der Waals surface area contributed by atoms with Gasteiger partial charge >= 0.3 is 0 Å². The first-order valence-corrected chi connectivity index (χ1v) is 10.8. The van der Waals surface area contributed by atoms with Crippen LogP contribution in [-0.4, -0.2) is 36.4 Å². The highest BCUT2D eigenvalue weighted by molar-refractivity contribution is 6.37. The molecule has 30 heavy (non-hydrogen) atoms. The maximum atomic E-state index is 13.8. The van der Waals surface area contributed by atoms with Gasteiger partial charge in [-0.1, -0.05) is 55.7 Å². The first-order chi connectivity index (χ1) is 14.7. The Morgan fingerprint density at radius 2 is 1.63 bits per heavy atom. The molecular formula is C25H26N2O3. The fraction of sp³-hybridized carbons (Fsp3) is 0.360. The van der Waals surface area contributed by atoms with Crippen LogP contribution in [0.3, 0.4) is 0 Å². The van der Waals surface area contributed by atoms with Crippen LogP contribution >= 0.6 is 0 Å². The molecule has 5 heteroatoms. The van der Waals surface area contributed by atoms with Gasteiger partial charge in [0.2, 0.25) is 0 Å². The van der Waals surface area contributed by atoms with Gasteiger partial charge in [0.05, 0.1) is 12.7 Å². The number of benzene rings is 2. The fourth-order valence-electron chi connectivity index (χ4n) is 5.12. The van der Waals surface area contributed by atoms with Crippen molar-refractivity contribution < 1.29 is 14.3 Å². The number of rotatable bonds is 4. The summed E-state index contributed by atoms with van der Waals surface area (Å²) in [5, 5.41) is 0. The standard InChI is InChI=1S/C25H26N2O3/c1-30-21-14-8-6-12-19(21)22-23(26-16-15-17-9-5-7-13-20(17)26)25(29)27(24(22)28)18-10-3-2-4-11-18/h5-9,12-14,18H,2-4,10-11,15-16H2,1H3. The number of methoxy groups -OCH3 is 1. The highest BCUT2D eigenvalue weighted by atomic mass is 16.5. The summed E-state index contributed by atoms with van der Waals surface area (Å²) in [5.74, 6) is 0.268. The molecule has 0 bridgehead atoms. The summed E-state index contributed by atoms with van der Waals surface area (Å²) >= 11 is 0. The summed E-state index contributed by atoms with van der Waals surface area (Å²) in [6.07, 6.45) is 5.94. The summed E-state index contributed by atoms with van der Waals surface area (Å²) in [4.78, 5) is 31.1. The molecule has 0 unspecified atom stereocenters. The number of amides is 2. The molecule has 1 saturated carbocycles. The van der Waals surface area contributed by atoms with Crippen LogP contribution in [0, 0.1) is 0 Å². The Morgan fingerprint density at radius 1 is 0.900 bits per heavy atom. The van der Waals surface area contributed by atoms with Crippen molar-refractivity contribution in [1.29, 1.82) is 0 Å². The molecule has 2 heterocycles. The van der Waals surface area contributed by atoms with Gasteiger partial charge in [-0.25, -0.2) is 0 Å². The number of hydrogen-bond donors (Lipinski definition) is 0. The van der Waals surface area contributed by atoms with Crippen LogP contribution in [0.2, 0.25) is 0 Å². The maximum absolute atomic E-state index is 13.8. The number of anilines is 1. The molecule has 0 N–H and O–H groups in total. The van der Waals surface area contributed by atoms with Crippen LogP contribution in [0.15, 0.2) is 54.2 Å². The average Bonchev–Trinajstić information content (AvgIpc) is 3.32. The lowest BCUT2D eigenvalue weighted by Gasteiger charge is -2.30. The van der Waals surface area contributed by atoms with E-state index in [1.54, 1.807) is 7.11 Å². The summed E-state index contributed by atoms with van der Waals surface area (Å²) in [5.41, 5.74) is 3.89. The summed E-state index contributed by atoms with van der Waals surface area (Å²) in [6.45, 7) is 0.699. The van der Waals surface area contributed by atoms with Gasteiger partial charge in [-0.3, -0.25) is 14.5 Å². The molecule has 3 aliphatic rings. The van der Waals surface area contributed by atoms with E-state index in [4.69, 9.17) is 4.74 Å². The van der Waals surface area contributed by atoms with Gasteiger partial charge in [0, 0.05) is 23.8 Å². The first-order valence-electron chi connectivity index (χ1n) is 10.8. The first kappa shape index (κ1) is 18.9. The molecule has 0 atom stereocenters. The highest BCUT2D eigenvalue weighted by Gasteiger charge is 2.46. The molecule has 5 nitrogen and oxygen atoms in total. The van der Waals surface area contributed by atoms with E-state index in [2.05, 4.69) is 6.07 Å². The van der Waals surface area contributed by atoms with Gasteiger partial charge in [0.15, 0.2) is 0 Å². The Hall–Kier alpha value is -3.08. The number of carbonyl (C=O) groups excluding carboxylic acids is 2. The topological polar surface area (TPSA) is 49.9 Å². The number of carbonyl (C=O) groups is 2. The van der Waals surface area contributed by atoms with E-state index in [0.717, 1.165) is 37.8 Å². The third kappa shape index (κ3) is 2.92. The number of fused-ring (bicyclic) bond motifs is 1. The van der Waals surface area contributed by atoms with Crippen molar-refractivity contribution in [2.45, 2.75) is 44.6 Å². The predicted octanol–water partition coefficient (Wildman–Crippen LogP) is 4.17. The minimum absolute atomic E-state index is 0.0150. The van der Waals surface area contributed by atoms with E-state index in [9.17, 15) is 9.59 Å². The summed E-state index contributed by atoms with van der Waals surface area (Å²) < 4.78 is 5.57. The van der Waals surface area contributed by atoms with E-state index < -0.39 is 0 Å². The van der Waals surface area contributed by atoms with Gasteiger partial charge in [-0.2, -0.15) is 0 Å². The molecule has 1 fully saturated rings. The normalized spacial score (nSPS) is 19.6. The molecule has 5 rings (SSSR count). The van der Waals surface area contributed by atoms with E-state index in [1.807, 2.05) is 47.4 Å². The molecule has 0 radical (unpaired) electrons. The van der Waals surface area contributed by atoms with Crippen molar-refractivity contribution in [3.63, 3.8) is 0 Å². The number of hydrogen-bond acceptors (Lipinski definition) is 4. The number of imide groups is 1. The number of nitrogens with zero attached hydrogens (tertiary/aromatic N) is 2. The zero-order valence-electron chi connectivity index (χ0n) is 17.3. The fourth-order valence-corrected chi connectivity index (χ4v) is 5.12. The quantitative estimate of drug-likeness (QED) is 0.721. The molecule has 1 aliphatic carbocycles. The SMILES string of the molecule is COc1ccccc1C1=C(N2CCc3ccccc32)C(=O)N(C2CCCCC2)C1=O. The molecule has 2 amide bonds. The van der Waals surface area contributed by atoms with Crippen molar-refractivity contribution in [2.24, 2.45) is 0 Å². The minimum atomic E-state index is -0.184. The lowest BCUT2D eigenvalue weighted by Crippen LogP contribution is -2.43. The zero-order chi connectivity index (χ0) is 20.7. The third-order valence-corrected chi connectivity index (χ3v) is 6.56. The smallest absolute Gasteiger partial charge is 0.278 e. The lowest BCUT2D eigenvalue weighted by atomic mass is 9.94. The molecule has 2 aromatic rings. The van der Waals surface area contributed by atoms with Crippen LogP contribution < -0.4 is 9.64 Å². The lowest BCUT2D eigenvalue weighted by molar-refractivity contribution is -0.140. The van der Waals surface area contributed by atoms with Gasteiger partial charge in [-0.05, 0) is 37.0 Å². The molecule has 2 aromatic carbocycles. The Bertz CT molecular complexity index is 1040. The Balaban J connectivity index is 1.66. The molecule has 0 spiro atoms. The van der Waals surface area contributed by atoms with Crippen LogP contribution in [0.1, 0.15) is 43.2 Å². The maximum Gasteiger partial charge on any atom is 0.278 e. The summed E-state index contributed by atoms with van der Waals surface area (Å²) in [6, 6.07) is 15.6. The van der Waals surface area contributed by atoms with Crippen LogP contribution in [0.4, 0.5) is 5.69 Å². The predicted molar refractivity (Wildman–Crippen MR) is 116 cm³/mol. The Morgan fingerprint density at radius 3 is 2.43 bits per heavy atom. The van der Waals surface area contributed by atoms with E-state index >= 15 is 0 Å². The number of para-hydroxylation sites is 2. The third-order valence-electron chi connectivity index (χ3n) is 6.56. The minimum Gasteiger partial charge on any atom is -0.496 e. The van der Waals surface area contributed by atoms with Crippen LogP contribution in [0.5, 0.6) is 5.75 Å². The molecule has 0 aromatic heterocycles. The van der Waals surface area contributed by atoms with E-state index in [0.29, 0.717) is 29.1 Å². The van der Waals surface area contributed by atoms with Crippen molar-refractivity contribution in [2.75, 3.05) is 18.6 Å². The van der Waals surface area contributed by atoms with Gasteiger partial charge < -0.3 is 9.64 Å². The van der Waals surface area contributed by atoms with Crippen LogP contribution in [0.25, 0.3) is 5.57 Å². The van der Waals surface area contributed by atoms with Gasteiger partial charge in [0.25, 0.3) is 11.8 Å². The second kappa shape index (κ2) is 7.63. The van der Waals surface area contributed by atoms with Crippen molar-refractivity contribution in [3.8, 4) is 5.75 Å².